The van der Waals surface area contributed by atoms with Gasteiger partial charge in [0.05, 0.1) is 0 Å². The Labute approximate surface area is 279 Å². The van der Waals surface area contributed by atoms with Gasteiger partial charge in [-0.3, -0.25) is 0 Å². The molecule has 0 fully saturated rings. The molecule has 0 radical (unpaired) electrons. The Morgan fingerprint density at radius 1 is 0.333 bits per heavy atom. The molecule has 0 amide bonds. The summed E-state index contributed by atoms with van der Waals surface area (Å²) in [5.74, 6) is 0. The van der Waals surface area contributed by atoms with E-state index in [1.54, 1.807) is 0 Å². The molecule has 222 valence electrons. The van der Waals surface area contributed by atoms with E-state index in [4.69, 9.17) is 0 Å². The molecule has 0 heterocycles. The van der Waals surface area contributed by atoms with Crippen LogP contribution in [0.25, 0.3) is 75.8 Å². The summed E-state index contributed by atoms with van der Waals surface area (Å²) in [6, 6.07) is 60.4. The first-order chi connectivity index (χ1) is 23.7. The fourth-order valence-corrected chi connectivity index (χ4v) is 7.95. The summed E-state index contributed by atoms with van der Waals surface area (Å²) in [5.41, 5.74) is 12.2. The molecule has 0 heteroatoms. The number of hydrogen-bond donors (Lipinski definition) is 0. The molecule has 0 bridgehead atoms. The number of aryl methyl sites for hydroxylation is 1. The van der Waals surface area contributed by atoms with Crippen molar-refractivity contribution >= 4 is 75.8 Å². The van der Waals surface area contributed by atoms with Gasteiger partial charge in [0.15, 0.2) is 0 Å². The van der Waals surface area contributed by atoms with Gasteiger partial charge < -0.3 is 0 Å². The maximum atomic E-state index is 4.12. The second-order valence-electron chi connectivity index (χ2n) is 13.0. The van der Waals surface area contributed by atoms with Crippen LogP contribution in [0, 0.1) is 6.92 Å². The van der Waals surface area contributed by atoms with E-state index in [-0.39, 0.29) is 0 Å². The molecular formula is C48H30. The molecule has 0 N–H and O–H groups in total. The molecule has 0 aliphatic rings. The van der Waals surface area contributed by atoms with Crippen LogP contribution in [0.15, 0.2) is 170 Å². The van der Waals surface area contributed by atoms with Gasteiger partial charge in [0.1, 0.15) is 0 Å². The first kappa shape index (κ1) is 27.0. The van der Waals surface area contributed by atoms with Crippen molar-refractivity contribution in [3.63, 3.8) is 0 Å². The molecular weight excluding hydrogens is 577 g/mol. The third-order valence-electron chi connectivity index (χ3n) is 10.2. The number of benzene rings is 10. The van der Waals surface area contributed by atoms with Gasteiger partial charge in [-0.05, 0) is 93.8 Å². The summed E-state index contributed by atoms with van der Waals surface area (Å²) in [6.07, 6.45) is 0. The van der Waals surface area contributed by atoms with Crippen LogP contribution >= 0.6 is 0 Å². The minimum atomic E-state index is 1.09. The Kier molecular flexibility index (Phi) is 5.85. The summed E-state index contributed by atoms with van der Waals surface area (Å²) >= 11 is 0. The van der Waals surface area contributed by atoms with E-state index in [0.717, 1.165) is 22.3 Å². The molecule has 10 rings (SSSR count). The first-order valence-electron chi connectivity index (χ1n) is 16.7. The van der Waals surface area contributed by atoms with Crippen molar-refractivity contribution in [1.82, 2.24) is 0 Å². The van der Waals surface area contributed by atoms with Crippen LogP contribution in [0.5, 0.6) is 0 Å². The highest BCUT2D eigenvalue weighted by atomic mass is 14.2. The largest absolute Gasteiger partial charge is 0.102 e. The van der Waals surface area contributed by atoms with Crippen molar-refractivity contribution in [1.29, 1.82) is 0 Å². The zero-order chi connectivity index (χ0) is 31.8. The van der Waals surface area contributed by atoms with Crippen LogP contribution in [0.1, 0.15) is 27.8 Å². The molecule has 0 saturated carbocycles. The van der Waals surface area contributed by atoms with Crippen molar-refractivity contribution in [2.24, 2.45) is 0 Å². The van der Waals surface area contributed by atoms with E-state index in [9.17, 15) is 0 Å². The molecule has 0 nitrogen and oxygen atoms in total. The lowest BCUT2D eigenvalue weighted by molar-refractivity contribution is 1.45. The van der Waals surface area contributed by atoms with E-state index in [1.165, 1.54) is 81.3 Å². The standard InChI is InChI=1S/C48H30/c1-30-13-15-32(16-14-30)44(40-26-22-38-20-18-34-10-6-12-36-24-28-42(40)48(38)46(34)36)29-43(31-7-3-2-4-8-31)39-25-21-37-19-17-33-9-5-11-35-23-27-41(39)47(37)45(33)35/h2-28H,1H3. The van der Waals surface area contributed by atoms with Crippen LogP contribution in [0.3, 0.4) is 0 Å². The van der Waals surface area contributed by atoms with Crippen LogP contribution in [-0.4, -0.2) is 0 Å². The SMILES string of the molecule is Cc1ccc(C(=C=C(c2ccccc2)c2ccc3ccc4cccc5ccc2c3c45)c2ccc3ccc4cccc5ccc2c3c45)cc1. The van der Waals surface area contributed by atoms with E-state index in [0.29, 0.717) is 0 Å². The Balaban J connectivity index is 1.37. The Hall–Kier alpha value is -6.20. The molecule has 48 heavy (non-hydrogen) atoms. The van der Waals surface area contributed by atoms with Crippen molar-refractivity contribution in [2.75, 3.05) is 0 Å². The van der Waals surface area contributed by atoms with Crippen molar-refractivity contribution in [3.8, 4) is 0 Å². The maximum Gasteiger partial charge on any atom is 0.0322 e. The average Bonchev–Trinajstić information content (AvgIpc) is 3.14. The lowest BCUT2D eigenvalue weighted by Gasteiger charge is -2.17. The molecule has 0 aromatic heterocycles. The molecule has 0 aliphatic heterocycles. The van der Waals surface area contributed by atoms with Gasteiger partial charge in [-0.15, -0.1) is 5.73 Å². The Morgan fingerprint density at radius 2 is 0.729 bits per heavy atom. The second kappa shape index (κ2) is 10.4. The lowest BCUT2D eigenvalue weighted by Crippen LogP contribution is -1.95. The fraction of sp³-hybridized carbons (Fsp3) is 0.0208. The van der Waals surface area contributed by atoms with Crippen LogP contribution in [0.2, 0.25) is 0 Å². The Bertz CT molecular complexity index is 2870. The summed E-state index contributed by atoms with van der Waals surface area (Å²) in [4.78, 5) is 0. The van der Waals surface area contributed by atoms with Crippen molar-refractivity contribution in [3.05, 3.63) is 197 Å². The quantitative estimate of drug-likeness (QED) is 0.138. The van der Waals surface area contributed by atoms with Crippen LogP contribution in [0.4, 0.5) is 0 Å². The summed E-state index contributed by atoms with van der Waals surface area (Å²) in [5, 5.41) is 15.4. The third kappa shape index (κ3) is 4.04. The second-order valence-corrected chi connectivity index (χ2v) is 13.0. The highest BCUT2D eigenvalue weighted by Crippen LogP contribution is 2.42. The van der Waals surface area contributed by atoms with E-state index < -0.39 is 0 Å². The van der Waals surface area contributed by atoms with Gasteiger partial charge in [0.25, 0.3) is 0 Å². The summed E-state index contributed by atoms with van der Waals surface area (Å²) in [6.45, 7) is 2.15. The molecule has 10 aromatic carbocycles. The van der Waals surface area contributed by atoms with Crippen LogP contribution in [-0.2, 0) is 0 Å². The lowest BCUT2D eigenvalue weighted by atomic mass is 9.85. The fourth-order valence-electron chi connectivity index (χ4n) is 7.95. The predicted molar refractivity (Wildman–Crippen MR) is 206 cm³/mol. The van der Waals surface area contributed by atoms with Crippen LogP contribution < -0.4 is 0 Å². The third-order valence-corrected chi connectivity index (χ3v) is 10.2. The van der Waals surface area contributed by atoms with Gasteiger partial charge in [-0.1, -0.05) is 169 Å². The van der Waals surface area contributed by atoms with E-state index in [1.807, 2.05) is 0 Å². The normalized spacial score (nSPS) is 11.8. The average molecular weight is 607 g/mol. The smallest absolute Gasteiger partial charge is 0.0322 e. The summed E-state index contributed by atoms with van der Waals surface area (Å²) < 4.78 is 0. The van der Waals surface area contributed by atoms with Gasteiger partial charge in [-0.2, -0.15) is 0 Å². The molecule has 0 spiro atoms. The summed E-state index contributed by atoms with van der Waals surface area (Å²) in [7, 11) is 0. The van der Waals surface area contributed by atoms with E-state index >= 15 is 0 Å². The Morgan fingerprint density at radius 3 is 1.21 bits per heavy atom. The van der Waals surface area contributed by atoms with Crippen molar-refractivity contribution in [2.45, 2.75) is 6.92 Å². The van der Waals surface area contributed by atoms with E-state index in [2.05, 4.69) is 176 Å². The molecule has 0 unspecified atom stereocenters. The number of rotatable bonds is 4. The van der Waals surface area contributed by atoms with Gasteiger partial charge in [-0.25, -0.2) is 0 Å². The highest BCUT2D eigenvalue weighted by molar-refractivity contribution is 6.26. The molecule has 0 aliphatic carbocycles. The number of hydrogen-bond acceptors (Lipinski definition) is 0. The zero-order valence-corrected chi connectivity index (χ0v) is 26.6. The topological polar surface area (TPSA) is 0 Å². The zero-order valence-electron chi connectivity index (χ0n) is 26.6. The first-order valence-corrected chi connectivity index (χ1v) is 16.7. The monoisotopic (exact) mass is 606 g/mol. The van der Waals surface area contributed by atoms with Crippen molar-refractivity contribution < 1.29 is 0 Å². The van der Waals surface area contributed by atoms with Gasteiger partial charge in [0, 0.05) is 11.1 Å². The molecule has 10 aromatic rings. The molecule has 0 atom stereocenters. The predicted octanol–water partition coefficient (Wildman–Crippen LogP) is 13.0. The molecule has 0 saturated heterocycles. The maximum absolute atomic E-state index is 4.12. The minimum Gasteiger partial charge on any atom is -0.102 e. The van der Waals surface area contributed by atoms with Gasteiger partial charge >= 0.3 is 0 Å². The van der Waals surface area contributed by atoms with Gasteiger partial charge in [0.2, 0.25) is 0 Å². The minimum absolute atomic E-state index is 1.09. The highest BCUT2D eigenvalue weighted by Gasteiger charge is 2.18.